The highest BCUT2D eigenvalue weighted by Crippen LogP contribution is 2.19. The number of anilines is 1. The molecule has 28 heavy (non-hydrogen) atoms. The fourth-order valence-electron chi connectivity index (χ4n) is 2.60. The number of aryl methyl sites for hydroxylation is 2. The molecular formula is C19H15FN6O2. The number of rotatable bonds is 4. The Morgan fingerprint density at radius 3 is 2.71 bits per heavy atom. The molecule has 0 saturated heterocycles. The van der Waals surface area contributed by atoms with Gasteiger partial charge in [-0.1, -0.05) is 5.16 Å². The second kappa shape index (κ2) is 7.03. The molecule has 0 saturated carbocycles. The summed E-state index contributed by atoms with van der Waals surface area (Å²) < 4.78 is 19.9. The van der Waals surface area contributed by atoms with Crippen LogP contribution in [0.3, 0.4) is 0 Å². The molecule has 8 nitrogen and oxygen atoms in total. The molecule has 0 aliphatic heterocycles. The summed E-state index contributed by atoms with van der Waals surface area (Å²) in [5.41, 5.74) is 2.05. The Morgan fingerprint density at radius 2 is 2.04 bits per heavy atom. The lowest BCUT2D eigenvalue weighted by Gasteiger charge is -2.06. The number of amides is 1. The van der Waals surface area contributed by atoms with E-state index in [-0.39, 0.29) is 11.5 Å². The SMILES string of the molecule is Cc1noc(-c2ccc(-n3cnc(C(=O)Nc4ccc(F)cc4C)c3)nc2)n1. The van der Waals surface area contributed by atoms with Gasteiger partial charge in [0.05, 0.1) is 5.56 Å². The molecule has 0 fully saturated rings. The van der Waals surface area contributed by atoms with Gasteiger partial charge in [0.2, 0.25) is 0 Å². The van der Waals surface area contributed by atoms with Gasteiger partial charge in [-0.25, -0.2) is 14.4 Å². The van der Waals surface area contributed by atoms with Crippen molar-refractivity contribution < 1.29 is 13.7 Å². The predicted molar refractivity (Wildman–Crippen MR) is 98.5 cm³/mol. The average Bonchev–Trinajstić information content (AvgIpc) is 3.33. The van der Waals surface area contributed by atoms with Crippen LogP contribution in [0.1, 0.15) is 21.9 Å². The maximum Gasteiger partial charge on any atom is 0.275 e. The monoisotopic (exact) mass is 378 g/mol. The number of halogens is 1. The van der Waals surface area contributed by atoms with Crippen LogP contribution in [-0.2, 0) is 0 Å². The third kappa shape index (κ3) is 3.50. The van der Waals surface area contributed by atoms with E-state index in [9.17, 15) is 9.18 Å². The van der Waals surface area contributed by atoms with E-state index in [1.807, 2.05) is 0 Å². The van der Waals surface area contributed by atoms with Crippen molar-refractivity contribution in [3.05, 3.63) is 72.0 Å². The first-order valence-corrected chi connectivity index (χ1v) is 8.38. The first kappa shape index (κ1) is 17.5. The third-order valence-electron chi connectivity index (χ3n) is 4.04. The number of hydrogen-bond donors (Lipinski definition) is 1. The topological polar surface area (TPSA) is 98.7 Å². The van der Waals surface area contributed by atoms with E-state index in [4.69, 9.17) is 4.52 Å². The fraction of sp³-hybridized carbons (Fsp3) is 0.105. The van der Waals surface area contributed by atoms with E-state index in [1.54, 1.807) is 42.9 Å². The number of hydrogen-bond acceptors (Lipinski definition) is 6. The van der Waals surface area contributed by atoms with Crippen LogP contribution < -0.4 is 5.32 Å². The van der Waals surface area contributed by atoms with Crippen molar-refractivity contribution in [2.75, 3.05) is 5.32 Å². The maximum atomic E-state index is 13.2. The maximum absolute atomic E-state index is 13.2. The molecule has 0 spiro atoms. The smallest absolute Gasteiger partial charge is 0.275 e. The molecule has 3 heterocycles. The molecule has 9 heteroatoms. The van der Waals surface area contributed by atoms with Crippen LogP contribution in [0, 0.1) is 19.7 Å². The Bertz CT molecular complexity index is 1150. The van der Waals surface area contributed by atoms with Crippen molar-refractivity contribution in [3.8, 4) is 17.3 Å². The molecule has 4 aromatic rings. The van der Waals surface area contributed by atoms with Crippen LogP contribution in [0.5, 0.6) is 0 Å². The van der Waals surface area contributed by atoms with E-state index in [0.29, 0.717) is 34.3 Å². The second-order valence-corrected chi connectivity index (χ2v) is 6.13. The molecular weight excluding hydrogens is 363 g/mol. The Kier molecular flexibility index (Phi) is 4.40. The van der Waals surface area contributed by atoms with Gasteiger partial charge >= 0.3 is 0 Å². The van der Waals surface area contributed by atoms with E-state index < -0.39 is 5.91 Å². The lowest BCUT2D eigenvalue weighted by Crippen LogP contribution is -2.13. The van der Waals surface area contributed by atoms with E-state index in [1.165, 1.54) is 24.5 Å². The molecule has 0 unspecified atom stereocenters. The minimum absolute atomic E-state index is 0.210. The number of pyridine rings is 1. The zero-order valence-electron chi connectivity index (χ0n) is 15.0. The largest absolute Gasteiger partial charge is 0.334 e. The Balaban J connectivity index is 1.51. The lowest BCUT2D eigenvalue weighted by atomic mass is 10.2. The van der Waals surface area contributed by atoms with Crippen molar-refractivity contribution >= 4 is 11.6 Å². The molecule has 1 N–H and O–H groups in total. The second-order valence-electron chi connectivity index (χ2n) is 6.13. The van der Waals surface area contributed by atoms with Crippen molar-refractivity contribution in [1.82, 2.24) is 24.7 Å². The van der Waals surface area contributed by atoms with Gasteiger partial charge < -0.3 is 9.84 Å². The number of nitrogens with one attached hydrogen (secondary N) is 1. The zero-order chi connectivity index (χ0) is 19.7. The predicted octanol–water partition coefficient (Wildman–Crippen LogP) is 3.33. The fourth-order valence-corrected chi connectivity index (χ4v) is 2.60. The van der Waals surface area contributed by atoms with E-state index in [2.05, 4.69) is 25.4 Å². The molecule has 4 rings (SSSR count). The number of aromatic nitrogens is 5. The van der Waals surface area contributed by atoms with Gasteiger partial charge in [0.1, 0.15) is 23.7 Å². The van der Waals surface area contributed by atoms with Crippen molar-refractivity contribution in [2.24, 2.45) is 0 Å². The first-order valence-electron chi connectivity index (χ1n) is 8.38. The normalized spacial score (nSPS) is 10.8. The number of carbonyl (C=O) groups excluding carboxylic acids is 1. The Morgan fingerprint density at radius 1 is 1.18 bits per heavy atom. The summed E-state index contributed by atoms with van der Waals surface area (Å²) in [6.45, 7) is 3.45. The van der Waals surface area contributed by atoms with Crippen LogP contribution in [0.15, 0.2) is 53.6 Å². The summed E-state index contributed by atoms with van der Waals surface area (Å²) in [5, 5.41) is 6.47. The number of carbonyl (C=O) groups is 1. The number of benzene rings is 1. The summed E-state index contributed by atoms with van der Waals surface area (Å²) in [6, 6.07) is 7.69. The summed E-state index contributed by atoms with van der Waals surface area (Å²) in [4.78, 5) is 25.0. The van der Waals surface area contributed by atoms with Gasteiger partial charge in [0.15, 0.2) is 5.82 Å². The lowest BCUT2D eigenvalue weighted by molar-refractivity contribution is 0.102. The molecule has 0 aliphatic rings. The molecule has 1 aromatic carbocycles. The summed E-state index contributed by atoms with van der Waals surface area (Å²) in [5.74, 6) is 0.749. The number of imidazole rings is 1. The van der Waals surface area contributed by atoms with Crippen LogP contribution >= 0.6 is 0 Å². The minimum Gasteiger partial charge on any atom is -0.334 e. The van der Waals surface area contributed by atoms with Gasteiger partial charge in [0, 0.05) is 18.1 Å². The van der Waals surface area contributed by atoms with Crippen LogP contribution in [0.4, 0.5) is 10.1 Å². The number of nitrogens with zero attached hydrogens (tertiary/aromatic N) is 5. The average molecular weight is 378 g/mol. The zero-order valence-corrected chi connectivity index (χ0v) is 15.0. The van der Waals surface area contributed by atoms with Gasteiger partial charge in [-0.3, -0.25) is 9.36 Å². The van der Waals surface area contributed by atoms with Crippen LogP contribution in [0.2, 0.25) is 0 Å². The highest BCUT2D eigenvalue weighted by Gasteiger charge is 2.13. The van der Waals surface area contributed by atoms with Crippen LogP contribution in [0.25, 0.3) is 17.3 Å². The van der Waals surface area contributed by atoms with Crippen LogP contribution in [-0.4, -0.2) is 30.6 Å². The molecule has 0 radical (unpaired) electrons. The molecule has 1 amide bonds. The van der Waals surface area contributed by atoms with Gasteiger partial charge in [-0.15, -0.1) is 0 Å². The first-order chi connectivity index (χ1) is 13.5. The minimum atomic E-state index is -0.397. The van der Waals surface area contributed by atoms with Crippen molar-refractivity contribution in [3.63, 3.8) is 0 Å². The molecule has 0 aliphatic carbocycles. The summed E-state index contributed by atoms with van der Waals surface area (Å²) >= 11 is 0. The molecule has 0 atom stereocenters. The Hall–Kier alpha value is -3.88. The molecule has 140 valence electrons. The molecule has 3 aromatic heterocycles. The van der Waals surface area contributed by atoms with Gasteiger partial charge in [-0.05, 0) is 49.7 Å². The highest BCUT2D eigenvalue weighted by molar-refractivity contribution is 6.03. The molecule has 0 bridgehead atoms. The van der Waals surface area contributed by atoms with Crippen molar-refractivity contribution in [1.29, 1.82) is 0 Å². The standard InChI is InChI=1S/C19H15FN6O2/c1-11-7-14(20)4-5-15(11)24-18(27)16-9-26(10-22-16)17-6-3-13(8-21-17)19-23-12(2)25-28-19/h3-10H,1-2H3,(H,24,27). The van der Waals surface area contributed by atoms with Gasteiger partial charge in [0.25, 0.3) is 11.8 Å². The van der Waals surface area contributed by atoms with Gasteiger partial charge in [-0.2, -0.15) is 4.98 Å². The van der Waals surface area contributed by atoms with E-state index in [0.717, 1.165) is 0 Å². The highest BCUT2D eigenvalue weighted by atomic mass is 19.1. The van der Waals surface area contributed by atoms with E-state index >= 15 is 0 Å². The summed E-state index contributed by atoms with van der Waals surface area (Å²) in [6.07, 6.45) is 4.65. The summed E-state index contributed by atoms with van der Waals surface area (Å²) in [7, 11) is 0. The quantitative estimate of drug-likeness (QED) is 0.585. The third-order valence-corrected chi connectivity index (χ3v) is 4.04. The Labute approximate surface area is 159 Å². The van der Waals surface area contributed by atoms with Crippen molar-refractivity contribution in [2.45, 2.75) is 13.8 Å².